The predicted octanol–water partition coefficient (Wildman–Crippen LogP) is 1.77. The molecule has 1 aliphatic rings. The van der Waals surface area contributed by atoms with Crippen LogP contribution in [0.1, 0.15) is 23.3 Å². The Morgan fingerprint density at radius 3 is 2.75 bits per heavy atom. The van der Waals surface area contributed by atoms with Gasteiger partial charge in [0.05, 0.1) is 10.7 Å². The van der Waals surface area contributed by atoms with Gasteiger partial charge in [0, 0.05) is 49.9 Å². The van der Waals surface area contributed by atoms with E-state index in [0.29, 0.717) is 5.78 Å². The maximum Gasteiger partial charge on any atom is 0.254 e. The van der Waals surface area contributed by atoms with Crippen LogP contribution in [0, 0.1) is 6.92 Å². The molecule has 0 atom stereocenters. The van der Waals surface area contributed by atoms with Gasteiger partial charge in [-0.2, -0.15) is 14.6 Å². The largest absolute Gasteiger partial charge is 0.354 e. The fourth-order valence-corrected chi connectivity index (χ4v) is 3.82. The van der Waals surface area contributed by atoms with Crippen molar-refractivity contribution in [3.8, 4) is 0 Å². The topological polar surface area (TPSA) is 62.5 Å². The quantitative estimate of drug-likeness (QED) is 0.719. The van der Waals surface area contributed by atoms with E-state index in [4.69, 9.17) is 0 Å². The molecule has 0 spiro atoms. The summed E-state index contributed by atoms with van der Waals surface area (Å²) >= 11 is 1.77. The molecule has 0 radical (unpaired) electrons. The standard InChI is InChI=1S/C16H21N7S/c1-3-14-20-13(10-24-14)9-21-4-6-22(7-5-21)15-8-12(2)19-16-17-11-18-23(15)16/h8,10-11H,3-7,9H2,1-2H3. The Morgan fingerprint density at radius 1 is 1.17 bits per heavy atom. The first kappa shape index (κ1) is 15.5. The van der Waals surface area contributed by atoms with Crippen LogP contribution in [-0.2, 0) is 13.0 Å². The second-order valence-electron chi connectivity index (χ2n) is 6.08. The maximum absolute atomic E-state index is 4.68. The van der Waals surface area contributed by atoms with Crippen LogP contribution in [0.5, 0.6) is 0 Å². The zero-order chi connectivity index (χ0) is 16.5. The van der Waals surface area contributed by atoms with E-state index in [2.05, 4.69) is 48.2 Å². The van der Waals surface area contributed by atoms with Crippen molar-refractivity contribution < 1.29 is 0 Å². The SMILES string of the molecule is CCc1nc(CN2CCN(c3cc(C)nc4ncnn34)CC2)cs1. The highest BCUT2D eigenvalue weighted by molar-refractivity contribution is 7.09. The van der Waals surface area contributed by atoms with Gasteiger partial charge < -0.3 is 4.90 Å². The van der Waals surface area contributed by atoms with Crippen molar-refractivity contribution in [3.05, 3.63) is 34.2 Å². The number of piperazine rings is 1. The summed E-state index contributed by atoms with van der Waals surface area (Å²) in [6.07, 6.45) is 2.59. The Balaban J connectivity index is 1.44. The molecule has 0 saturated carbocycles. The van der Waals surface area contributed by atoms with Gasteiger partial charge in [-0.25, -0.2) is 9.97 Å². The Kier molecular flexibility index (Phi) is 4.15. The van der Waals surface area contributed by atoms with Crippen LogP contribution in [0.2, 0.25) is 0 Å². The summed E-state index contributed by atoms with van der Waals surface area (Å²) in [5, 5.41) is 7.73. The number of thiazole rings is 1. The van der Waals surface area contributed by atoms with E-state index in [1.54, 1.807) is 17.7 Å². The molecule has 0 aliphatic carbocycles. The average molecular weight is 343 g/mol. The number of hydrogen-bond donors (Lipinski definition) is 0. The molecule has 1 saturated heterocycles. The molecule has 8 heteroatoms. The van der Waals surface area contributed by atoms with Gasteiger partial charge >= 0.3 is 0 Å². The molecule has 0 unspecified atom stereocenters. The van der Waals surface area contributed by atoms with Gasteiger partial charge in [0.2, 0.25) is 0 Å². The number of fused-ring (bicyclic) bond motifs is 1. The second-order valence-corrected chi connectivity index (χ2v) is 7.02. The van der Waals surface area contributed by atoms with Crippen molar-refractivity contribution in [3.63, 3.8) is 0 Å². The smallest absolute Gasteiger partial charge is 0.254 e. The number of anilines is 1. The third-order valence-electron chi connectivity index (χ3n) is 4.34. The van der Waals surface area contributed by atoms with Crippen LogP contribution < -0.4 is 4.90 Å². The van der Waals surface area contributed by atoms with Gasteiger partial charge in [-0.3, -0.25) is 4.90 Å². The molecule has 0 N–H and O–H groups in total. The minimum Gasteiger partial charge on any atom is -0.354 e. The van der Waals surface area contributed by atoms with Crippen LogP contribution in [0.25, 0.3) is 5.78 Å². The monoisotopic (exact) mass is 343 g/mol. The lowest BCUT2D eigenvalue weighted by atomic mass is 10.3. The fraction of sp³-hybridized carbons (Fsp3) is 0.500. The molecule has 24 heavy (non-hydrogen) atoms. The van der Waals surface area contributed by atoms with Crippen molar-refractivity contribution in [2.24, 2.45) is 0 Å². The highest BCUT2D eigenvalue weighted by atomic mass is 32.1. The van der Waals surface area contributed by atoms with Gasteiger partial charge in [-0.15, -0.1) is 11.3 Å². The van der Waals surface area contributed by atoms with E-state index in [1.807, 2.05) is 11.4 Å². The summed E-state index contributed by atoms with van der Waals surface area (Å²) in [6, 6.07) is 2.09. The lowest BCUT2D eigenvalue weighted by Gasteiger charge is -2.35. The molecule has 7 nitrogen and oxygen atoms in total. The first-order valence-corrected chi connectivity index (χ1v) is 9.19. The first-order chi connectivity index (χ1) is 11.7. The predicted molar refractivity (Wildman–Crippen MR) is 94.5 cm³/mol. The molecular formula is C16H21N7S. The third kappa shape index (κ3) is 2.99. The number of aromatic nitrogens is 5. The molecule has 4 rings (SSSR count). The minimum absolute atomic E-state index is 0.669. The molecular weight excluding hydrogens is 322 g/mol. The van der Waals surface area contributed by atoms with E-state index in [0.717, 1.165) is 50.7 Å². The van der Waals surface area contributed by atoms with Crippen molar-refractivity contribution in [1.82, 2.24) is 29.5 Å². The van der Waals surface area contributed by atoms with E-state index in [1.165, 1.54) is 10.7 Å². The molecule has 0 amide bonds. The van der Waals surface area contributed by atoms with Gasteiger partial charge in [-0.1, -0.05) is 6.92 Å². The molecule has 3 aromatic rings. The zero-order valence-electron chi connectivity index (χ0n) is 14.0. The lowest BCUT2D eigenvalue weighted by molar-refractivity contribution is 0.246. The van der Waals surface area contributed by atoms with Crippen LogP contribution in [-0.4, -0.2) is 55.6 Å². The lowest BCUT2D eigenvalue weighted by Crippen LogP contribution is -2.46. The molecule has 3 aromatic heterocycles. The van der Waals surface area contributed by atoms with Crippen LogP contribution in [0.3, 0.4) is 0 Å². The van der Waals surface area contributed by atoms with Gasteiger partial charge in [0.1, 0.15) is 12.1 Å². The molecule has 1 fully saturated rings. The Hall–Kier alpha value is -2.06. The summed E-state index contributed by atoms with van der Waals surface area (Å²) in [7, 11) is 0. The van der Waals surface area contributed by atoms with E-state index < -0.39 is 0 Å². The number of hydrogen-bond acceptors (Lipinski definition) is 7. The molecule has 0 bridgehead atoms. The second kappa shape index (κ2) is 6.45. The highest BCUT2D eigenvalue weighted by Gasteiger charge is 2.21. The summed E-state index contributed by atoms with van der Waals surface area (Å²) in [5.74, 6) is 1.75. The van der Waals surface area contributed by atoms with Crippen LogP contribution >= 0.6 is 11.3 Å². The average Bonchev–Trinajstić information content (AvgIpc) is 3.23. The molecule has 126 valence electrons. The normalized spacial score (nSPS) is 16.2. The van der Waals surface area contributed by atoms with E-state index >= 15 is 0 Å². The minimum atomic E-state index is 0.669. The van der Waals surface area contributed by atoms with Crippen LogP contribution in [0.4, 0.5) is 5.82 Å². The van der Waals surface area contributed by atoms with Crippen molar-refractivity contribution in [1.29, 1.82) is 0 Å². The van der Waals surface area contributed by atoms with Gasteiger partial charge in [0.25, 0.3) is 5.78 Å². The van der Waals surface area contributed by atoms with E-state index in [-0.39, 0.29) is 0 Å². The molecule has 4 heterocycles. The van der Waals surface area contributed by atoms with Crippen LogP contribution in [0.15, 0.2) is 17.8 Å². The fourth-order valence-electron chi connectivity index (χ4n) is 3.08. The third-order valence-corrected chi connectivity index (χ3v) is 5.39. The number of nitrogens with zero attached hydrogens (tertiary/aromatic N) is 7. The summed E-state index contributed by atoms with van der Waals surface area (Å²) in [4.78, 5) is 18.1. The molecule has 1 aliphatic heterocycles. The van der Waals surface area contributed by atoms with Crippen molar-refractivity contribution in [2.75, 3.05) is 31.1 Å². The highest BCUT2D eigenvalue weighted by Crippen LogP contribution is 2.19. The maximum atomic E-state index is 4.68. The Morgan fingerprint density at radius 2 is 2.00 bits per heavy atom. The Bertz CT molecular complexity index is 832. The number of rotatable bonds is 4. The summed E-state index contributed by atoms with van der Waals surface area (Å²) in [5.41, 5.74) is 2.17. The Labute approximate surface area is 145 Å². The molecule has 0 aromatic carbocycles. The van der Waals surface area contributed by atoms with Gasteiger partial charge in [0.15, 0.2) is 0 Å². The van der Waals surface area contributed by atoms with Gasteiger partial charge in [-0.05, 0) is 13.3 Å². The summed E-state index contributed by atoms with van der Waals surface area (Å²) < 4.78 is 1.83. The van der Waals surface area contributed by atoms with E-state index in [9.17, 15) is 0 Å². The first-order valence-electron chi connectivity index (χ1n) is 8.31. The van der Waals surface area contributed by atoms with Crippen molar-refractivity contribution >= 4 is 22.9 Å². The van der Waals surface area contributed by atoms with Crippen molar-refractivity contribution in [2.45, 2.75) is 26.8 Å². The summed E-state index contributed by atoms with van der Waals surface area (Å²) in [6.45, 7) is 9.10. The number of aryl methyl sites for hydroxylation is 2. The zero-order valence-corrected chi connectivity index (χ0v) is 14.8.